The molecule has 132 valence electrons. The second-order valence-corrected chi connectivity index (χ2v) is 6.50. The molecule has 0 radical (unpaired) electrons. The molecule has 1 aliphatic rings. The maximum absolute atomic E-state index is 12.6. The minimum atomic E-state index is -0.371. The number of benzene rings is 1. The predicted molar refractivity (Wildman–Crippen MR) is 98.9 cm³/mol. The van der Waals surface area contributed by atoms with Gasteiger partial charge in [0.15, 0.2) is 0 Å². The SMILES string of the molecule is O=C(OCc1cc2ccccc2nc1Cl)C1CCCN1c1ncccn1. The summed E-state index contributed by atoms with van der Waals surface area (Å²) in [4.78, 5) is 27.3. The van der Waals surface area contributed by atoms with Crippen LogP contribution >= 0.6 is 11.6 Å². The molecule has 0 amide bonds. The Balaban J connectivity index is 1.47. The summed E-state index contributed by atoms with van der Waals surface area (Å²) in [5.41, 5.74) is 1.51. The fourth-order valence-electron chi connectivity index (χ4n) is 3.17. The molecule has 3 heterocycles. The summed E-state index contributed by atoms with van der Waals surface area (Å²) in [5.74, 6) is 0.261. The number of pyridine rings is 1. The van der Waals surface area contributed by atoms with Gasteiger partial charge in [-0.25, -0.2) is 19.7 Å². The van der Waals surface area contributed by atoms with Crippen LogP contribution in [0, 0.1) is 0 Å². The molecular weight excluding hydrogens is 352 g/mol. The van der Waals surface area contributed by atoms with Crippen LogP contribution in [0.5, 0.6) is 0 Å². The number of hydrogen-bond acceptors (Lipinski definition) is 6. The molecule has 0 aliphatic carbocycles. The summed E-state index contributed by atoms with van der Waals surface area (Å²) >= 11 is 6.24. The zero-order valence-corrected chi connectivity index (χ0v) is 14.8. The fourth-order valence-corrected chi connectivity index (χ4v) is 3.37. The largest absolute Gasteiger partial charge is 0.459 e. The number of anilines is 1. The van der Waals surface area contributed by atoms with Crippen molar-refractivity contribution >= 4 is 34.4 Å². The van der Waals surface area contributed by atoms with Crippen molar-refractivity contribution in [1.82, 2.24) is 15.0 Å². The molecule has 1 fully saturated rings. The van der Waals surface area contributed by atoms with Crippen LogP contribution in [0.4, 0.5) is 5.95 Å². The molecule has 0 bridgehead atoms. The molecule has 0 N–H and O–H groups in total. The van der Waals surface area contributed by atoms with Crippen molar-refractivity contribution in [2.24, 2.45) is 0 Å². The molecule has 4 rings (SSSR count). The summed E-state index contributed by atoms with van der Waals surface area (Å²) < 4.78 is 5.53. The molecule has 1 aromatic carbocycles. The number of esters is 1. The monoisotopic (exact) mass is 368 g/mol. The molecule has 2 aromatic heterocycles. The van der Waals surface area contributed by atoms with Crippen LogP contribution in [-0.4, -0.2) is 33.5 Å². The normalized spacial score (nSPS) is 16.8. The molecule has 0 saturated carbocycles. The minimum Gasteiger partial charge on any atom is -0.459 e. The molecule has 6 nitrogen and oxygen atoms in total. The van der Waals surface area contributed by atoms with Crippen LogP contribution < -0.4 is 4.90 Å². The topological polar surface area (TPSA) is 68.2 Å². The Kier molecular flexibility index (Phi) is 4.67. The van der Waals surface area contributed by atoms with E-state index in [1.54, 1.807) is 18.5 Å². The van der Waals surface area contributed by atoms with Gasteiger partial charge < -0.3 is 9.64 Å². The number of para-hydroxylation sites is 1. The molecular formula is C19H17ClN4O2. The van der Waals surface area contributed by atoms with Crippen molar-refractivity contribution in [3.05, 3.63) is 59.5 Å². The molecule has 1 unspecified atom stereocenters. The van der Waals surface area contributed by atoms with E-state index in [-0.39, 0.29) is 18.6 Å². The van der Waals surface area contributed by atoms with Crippen LogP contribution in [0.3, 0.4) is 0 Å². The van der Waals surface area contributed by atoms with Gasteiger partial charge in [-0.2, -0.15) is 0 Å². The number of ether oxygens (including phenoxy) is 1. The Bertz CT molecular complexity index is 935. The lowest BCUT2D eigenvalue weighted by Gasteiger charge is -2.22. The highest BCUT2D eigenvalue weighted by molar-refractivity contribution is 6.30. The molecule has 3 aromatic rings. The van der Waals surface area contributed by atoms with Crippen molar-refractivity contribution in [2.75, 3.05) is 11.4 Å². The van der Waals surface area contributed by atoms with Gasteiger partial charge in [0.25, 0.3) is 0 Å². The van der Waals surface area contributed by atoms with Gasteiger partial charge in [-0.1, -0.05) is 29.8 Å². The van der Waals surface area contributed by atoms with Crippen molar-refractivity contribution in [2.45, 2.75) is 25.5 Å². The number of carbonyl (C=O) groups is 1. The van der Waals surface area contributed by atoms with Crippen LogP contribution in [0.1, 0.15) is 18.4 Å². The van der Waals surface area contributed by atoms with E-state index in [0.29, 0.717) is 16.7 Å². The summed E-state index contributed by atoms with van der Waals surface area (Å²) in [6.45, 7) is 0.831. The highest BCUT2D eigenvalue weighted by Crippen LogP contribution is 2.25. The smallest absolute Gasteiger partial charge is 0.329 e. The van der Waals surface area contributed by atoms with Gasteiger partial charge >= 0.3 is 5.97 Å². The molecule has 26 heavy (non-hydrogen) atoms. The fraction of sp³-hybridized carbons (Fsp3) is 0.263. The lowest BCUT2D eigenvalue weighted by molar-refractivity contribution is -0.146. The van der Waals surface area contributed by atoms with E-state index >= 15 is 0 Å². The molecule has 7 heteroatoms. The van der Waals surface area contributed by atoms with Crippen LogP contribution in [-0.2, 0) is 16.1 Å². The highest BCUT2D eigenvalue weighted by Gasteiger charge is 2.33. The first-order chi connectivity index (χ1) is 12.7. The Morgan fingerprint density at radius 3 is 2.88 bits per heavy atom. The van der Waals surface area contributed by atoms with E-state index in [0.717, 1.165) is 30.3 Å². The van der Waals surface area contributed by atoms with E-state index in [1.807, 2.05) is 35.2 Å². The Morgan fingerprint density at radius 2 is 2.04 bits per heavy atom. The average Bonchev–Trinajstić information content (AvgIpc) is 3.17. The lowest BCUT2D eigenvalue weighted by atomic mass is 10.1. The van der Waals surface area contributed by atoms with Crippen LogP contribution in [0.2, 0.25) is 5.15 Å². The standard InChI is InChI=1S/C19H17ClN4O2/c20-17-14(11-13-5-1-2-6-15(13)23-17)12-26-18(25)16-7-3-10-24(16)19-21-8-4-9-22-19/h1-2,4-6,8-9,11,16H,3,7,10,12H2. The van der Waals surface area contributed by atoms with Gasteiger partial charge in [0.05, 0.1) is 5.52 Å². The summed E-state index contributed by atoms with van der Waals surface area (Å²) in [5, 5.41) is 1.31. The number of halogens is 1. The van der Waals surface area contributed by atoms with Crippen molar-refractivity contribution in [3.8, 4) is 0 Å². The van der Waals surface area contributed by atoms with Gasteiger partial charge in [-0.05, 0) is 31.0 Å². The van der Waals surface area contributed by atoms with E-state index in [4.69, 9.17) is 16.3 Å². The molecule has 1 atom stereocenters. The van der Waals surface area contributed by atoms with Crippen molar-refractivity contribution < 1.29 is 9.53 Å². The number of hydrogen-bond donors (Lipinski definition) is 0. The first-order valence-corrected chi connectivity index (χ1v) is 8.84. The lowest BCUT2D eigenvalue weighted by Crippen LogP contribution is -2.38. The third-order valence-corrected chi connectivity index (χ3v) is 4.78. The van der Waals surface area contributed by atoms with Gasteiger partial charge in [0.1, 0.15) is 17.8 Å². The van der Waals surface area contributed by atoms with E-state index in [2.05, 4.69) is 15.0 Å². The van der Waals surface area contributed by atoms with Gasteiger partial charge in [0, 0.05) is 29.9 Å². The Morgan fingerprint density at radius 1 is 1.23 bits per heavy atom. The molecule has 1 aliphatic heterocycles. The van der Waals surface area contributed by atoms with Crippen LogP contribution in [0.15, 0.2) is 48.8 Å². The zero-order chi connectivity index (χ0) is 17.9. The van der Waals surface area contributed by atoms with E-state index < -0.39 is 0 Å². The molecule has 0 spiro atoms. The maximum atomic E-state index is 12.6. The minimum absolute atomic E-state index is 0.0927. The summed E-state index contributed by atoms with van der Waals surface area (Å²) in [6, 6.07) is 11.0. The predicted octanol–water partition coefficient (Wildman–Crippen LogP) is 3.39. The summed E-state index contributed by atoms with van der Waals surface area (Å²) in [7, 11) is 0. The quantitative estimate of drug-likeness (QED) is 0.519. The van der Waals surface area contributed by atoms with Crippen molar-refractivity contribution in [3.63, 3.8) is 0 Å². The summed E-state index contributed by atoms with van der Waals surface area (Å²) in [6.07, 6.45) is 4.96. The number of fused-ring (bicyclic) bond motifs is 1. The Labute approximate surface area is 155 Å². The maximum Gasteiger partial charge on any atom is 0.329 e. The molecule has 1 saturated heterocycles. The first-order valence-electron chi connectivity index (χ1n) is 8.47. The van der Waals surface area contributed by atoms with Gasteiger partial charge in [0.2, 0.25) is 5.95 Å². The second-order valence-electron chi connectivity index (χ2n) is 6.14. The van der Waals surface area contributed by atoms with Crippen molar-refractivity contribution in [1.29, 1.82) is 0 Å². The van der Waals surface area contributed by atoms with E-state index in [1.165, 1.54) is 0 Å². The number of rotatable bonds is 4. The van der Waals surface area contributed by atoms with Gasteiger partial charge in [-0.3, -0.25) is 0 Å². The number of carbonyl (C=O) groups excluding carboxylic acids is 1. The average molecular weight is 369 g/mol. The third-order valence-electron chi connectivity index (χ3n) is 4.45. The first kappa shape index (κ1) is 16.7. The number of nitrogens with zero attached hydrogens (tertiary/aromatic N) is 4. The van der Waals surface area contributed by atoms with E-state index in [9.17, 15) is 4.79 Å². The highest BCUT2D eigenvalue weighted by atomic mass is 35.5. The van der Waals surface area contributed by atoms with Gasteiger partial charge in [-0.15, -0.1) is 0 Å². The van der Waals surface area contributed by atoms with Crippen LogP contribution in [0.25, 0.3) is 10.9 Å². The zero-order valence-electron chi connectivity index (χ0n) is 14.0. The third kappa shape index (κ3) is 3.32. The number of aromatic nitrogens is 3. The Hall–Kier alpha value is -2.73. The second kappa shape index (κ2) is 7.25.